The Morgan fingerprint density at radius 1 is 1.44 bits per heavy atom. The van der Waals surface area contributed by atoms with Gasteiger partial charge in [0.2, 0.25) is 0 Å². The molecule has 0 fully saturated rings. The highest BCUT2D eigenvalue weighted by Gasteiger charge is 2.03. The maximum Gasteiger partial charge on any atom is 0.301 e. The molecule has 0 atom stereocenters. The maximum absolute atomic E-state index is 5.68. The van der Waals surface area contributed by atoms with Crippen LogP contribution in [-0.4, -0.2) is 9.55 Å². The fourth-order valence-electron chi connectivity index (χ4n) is 1.48. The van der Waals surface area contributed by atoms with Gasteiger partial charge in [0.05, 0.1) is 0 Å². The molecule has 0 radical (unpaired) electrons. The van der Waals surface area contributed by atoms with Gasteiger partial charge >= 0.3 is 6.01 Å². The third-order valence-electron chi connectivity index (χ3n) is 2.36. The number of ether oxygens (including phenoxy) is 1. The lowest BCUT2D eigenvalue weighted by molar-refractivity contribution is 0.415. The molecule has 0 unspecified atom stereocenters. The Kier molecular flexibility index (Phi) is 3.22. The van der Waals surface area contributed by atoms with Gasteiger partial charge in [0.1, 0.15) is 5.75 Å². The molecule has 0 aliphatic heterocycles. The molecule has 4 nitrogen and oxygen atoms in total. The first-order valence-electron chi connectivity index (χ1n) is 5.31. The summed E-state index contributed by atoms with van der Waals surface area (Å²) in [7, 11) is 0. The molecule has 2 rings (SSSR count). The Balaban J connectivity index is 2.20. The zero-order valence-electron chi connectivity index (χ0n) is 9.26. The summed E-state index contributed by atoms with van der Waals surface area (Å²) in [6.07, 6.45) is 3.62. The van der Waals surface area contributed by atoms with E-state index in [9.17, 15) is 0 Å². The van der Waals surface area contributed by atoms with Crippen molar-refractivity contribution in [3.05, 3.63) is 42.2 Å². The molecule has 0 aliphatic rings. The van der Waals surface area contributed by atoms with E-state index < -0.39 is 0 Å². The number of rotatable bonds is 4. The predicted molar refractivity (Wildman–Crippen MR) is 62.3 cm³/mol. The number of hydrogen-bond donors (Lipinski definition) is 1. The number of aromatic nitrogens is 2. The van der Waals surface area contributed by atoms with Gasteiger partial charge < -0.3 is 15.0 Å². The second-order valence-electron chi connectivity index (χ2n) is 3.45. The Hall–Kier alpha value is -1.81. The van der Waals surface area contributed by atoms with Crippen molar-refractivity contribution in [1.82, 2.24) is 9.55 Å². The van der Waals surface area contributed by atoms with E-state index in [-0.39, 0.29) is 0 Å². The molecule has 0 amide bonds. The first kappa shape index (κ1) is 10.7. The average Bonchev–Trinajstić information content (AvgIpc) is 2.76. The molecule has 1 aromatic heterocycles. The molecular weight excluding hydrogens is 202 g/mol. The molecule has 4 heteroatoms. The normalized spacial score (nSPS) is 10.4. The molecule has 1 heterocycles. The van der Waals surface area contributed by atoms with Crippen LogP contribution in [0, 0.1) is 0 Å². The van der Waals surface area contributed by atoms with Crippen LogP contribution in [0.5, 0.6) is 11.8 Å². The van der Waals surface area contributed by atoms with E-state index in [2.05, 4.69) is 4.98 Å². The Labute approximate surface area is 94.7 Å². The first-order chi connectivity index (χ1) is 7.83. The first-order valence-corrected chi connectivity index (χ1v) is 5.31. The summed E-state index contributed by atoms with van der Waals surface area (Å²) in [5.41, 5.74) is 6.62. The van der Waals surface area contributed by atoms with Crippen molar-refractivity contribution < 1.29 is 4.74 Å². The minimum Gasteiger partial charge on any atom is -0.426 e. The summed E-state index contributed by atoms with van der Waals surface area (Å²) in [5, 5.41) is 0. The lowest BCUT2D eigenvalue weighted by Crippen LogP contribution is -1.99. The molecule has 0 spiro atoms. The molecular formula is C12H15N3O. The van der Waals surface area contributed by atoms with Crippen molar-refractivity contribution in [2.24, 2.45) is 5.73 Å². The molecule has 16 heavy (non-hydrogen) atoms. The van der Waals surface area contributed by atoms with Crippen molar-refractivity contribution in [2.45, 2.75) is 20.0 Å². The highest BCUT2D eigenvalue weighted by atomic mass is 16.5. The van der Waals surface area contributed by atoms with Crippen molar-refractivity contribution >= 4 is 0 Å². The van der Waals surface area contributed by atoms with Crippen LogP contribution in [0.1, 0.15) is 12.5 Å². The summed E-state index contributed by atoms with van der Waals surface area (Å²) in [6, 6.07) is 8.33. The zero-order valence-corrected chi connectivity index (χ0v) is 9.26. The highest BCUT2D eigenvalue weighted by molar-refractivity contribution is 5.30. The maximum atomic E-state index is 5.68. The van der Waals surface area contributed by atoms with Crippen molar-refractivity contribution in [2.75, 3.05) is 0 Å². The topological polar surface area (TPSA) is 53.1 Å². The van der Waals surface area contributed by atoms with E-state index in [1.165, 1.54) is 0 Å². The quantitative estimate of drug-likeness (QED) is 0.853. The van der Waals surface area contributed by atoms with Gasteiger partial charge in [-0.1, -0.05) is 12.1 Å². The lowest BCUT2D eigenvalue weighted by Gasteiger charge is -2.07. The second-order valence-corrected chi connectivity index (χ2v) is 3.45. The third kappa shape index (κ3) is 2.23. The number of benzene rings is 1. The Bertz CT molecular complexity index is 465. The van der Waals surface area contributed by atoms with E-state index in [1.54, 1.807) is 6.20 Å². The van der Waals surface area contributed by atoms with E-state index in [1.807, 2.05) is 42.0 Å². The smallest absolute Gasteiger partial charge is 0.301 e. The predicted octanol–water partition coefficient (Wildman–Crippen LogP) is 2.15. The van der Waals surface area contributed by atoms with E-state index in [0.717, 1.165) is 17.9 Å². The third-order valence-corrected chi connectivity index (χ3v) is 2.36. The van der Waals surface area contributed by atoms with Crippen LogP contribution in [0.25, 0.3) is 0 Å². The van der Waals surface area contributed by atoms with Crippen LogP contribution in [0.3, 0.4) is 0 Å². The summed E-state index contributed by atoms with van der Waals surface area (Å²) in [5.74, 6) is 0.767. The van der Waals surface area contributed by atoms with Crippen LogP contribution >= 0.6 is 0 Å². The van der Waals surface area contributed by atoms with Gasteiger partial charge in [0.25, 0.3) is 0 Å². The van der Waals surface area contributed by atoms with Gasteiger partial charge in [0, 0.05) is 25.5 Å². The fraction of sp³-hybridized carbons (Fsp3) is 0.250. The van der Waals surface area contributed by atoms with Crippen molar-refractivity contribution in [3.8, 4) is 11.8 Å². The summed E-state index contributed by atoms with van der Waals surface area (Å²) < 4.78 is 7.62. The van der Waals surface area contributed by atoms with Crippen LogP contribution in [0.2, 0.25) is 0 Å². The number of hydrogen-bond acceptors (Lipinski definition) is 3. The van der Waals surface area contributed by atoms with Gasteiger partial charge in [-0.2, -0.15) is 0 Å². The molecule has 0 aliphatic carbocycles. The summed E-state index contributed by atoms with van der Waals surface area (Å²) >= 11 is 0. The van der Waals surface area contributed by atoms with Crippen LogP contribution in [0.4, 0.5) is 0 Å². The molecule has 2 N–H and O–H groups in total. The Morgan fingerprint density at radius 3 is 3.06 bits per heavy atom. The summed E-state index contributed by atoms with van der Waals surface area (Å²) in [6.45, 7) is 3.40. The van der Waals surface area contributed by atoms with E-state index in [4.69, 9.17) is 10.5 Å². The van der Waals surface area contributed by atoms with Gasteiger partial charge in [-0.25, -0.2) is 4.98 Å². The van der Waals surface area contributed by atoms with Crippen molar-refractivity contribution in [1.29, 1.82) is 0 Å². The molecule has 2 aromatic rings. The number of nitrogens with zero attached hydrogens (tertiary/aromatic N) is 2. The average molecular weight is 217 g/mol. The van der Waals surface area contributed by atoms with Gasteiger partial charge in [-0.05, 0) is 24.6 Å². The minimum atomic E-state index is 0.513. The van der Waals surface area contributed by atoms with Gasteiger partial charge in [-0.3, -0.25) is 0 Å². The van der Waals surface area contributed by atoms with E-state index in [0.29, 0.717) is 12.6 Å². The summed E-state index contributed by atoms with van der Waals surface area (Å²) in [4.78, 5) is 4.15. The second kappa shape index (κ2) is 4.81. The molecule has 0 saturated heterocycles. The van der Waals surface area contributed by atoms with Crippen molar-refractivity contribution in [3.63, 3.8) is 0 Å². The largest absolute Gasteiger partial charge is 0.426 e. The fourth-order valence-corrected chi connectivity index (χ4v) is 1.48. The standard InChI is InChI=1S/C12H15N3O/c1-2-15-7-6-14-12(15)16-11-5-3-4-10(8-11)9-13/h3-8H,2,9,13H2,1H3. The van der Waals surface area contributed by atoms with Crippen LogP contribution in [-0.2, 0) is 13.1 Å². The lowest BCUT2D eigenvalue weighted by atomic mass is 10.2. The molecule has 84 valence electrons. The zero-order chi connectivity index (χ0) is 11.4. The van der Waals surface area contributed by atoms with Crippen LogP contribution < -0.4 is 10.5 Å². The van der Waals surface area contributed by atoms with Crippen LogP contribution in [0.15, 0.2) is 36.7 Å². The monoisotopic (exact) mass is 217 g/mol. The number of imidazole rings is 1. The number of aryl methyl sites for hydroxylation is 1. The van der Waals surface area contributed by atoms with Gasteiger partial charge in [-0.15, -0.1) is 0 Å². The highest BCUT2D eigenvalue weighted by Crippen LogP contribution is 2.20. The van der Waals surface area contributed by atoms with Gasteiger partial charge in [0.15, 0.2) is 0 Å². The Morgan fingerprint density at radius 2 is 2.31 bits per heavy atom. The molecule has 1 aromatic carbocycles. The molecule has 0 saturated carbocycles. The molecule has 0 bridgehead atoms. The SMILES string of the molecule is CCn1ccnc1Oc1cccc(CN)c1. The minimum absolute atomic E-state index is 0.513. The van der Waals surface area contributed by atoms with E-state index >= 15 is 0 Å². The number of nitrogens with two attached hydrogens (primary N) is 1.